The Bertz CT molecular complexity index is 272. The second-order valence-corrected chi connectivity index (χ2v) is 3.37. The Hall–Kier alpha value is -1.18. The summed E-state index contributed by atoms with van der Waals surface area (Å²) in [6.45, 7) is 8.26. The molecule has 1 aliphatic rings. The summed E-state index contributed by atoms with van der Waals surface area (Å²) in [7, 11) is 0. The summed E-state index contributed by atoms with van der Waals surface area (Å²) in [4.78, 5) is 2.27. The number of aryl methyl sites for hydroxylation is 1. The van der Waals surface area contributed by atoms with Crippen molar-refractivity contribution < 1.29 is 5.11 Å². The van der Waals surface area contributed by atoms with Gasteiger partial charge in [0.25, 0.3) is 0 Å². The van der Waals surface area contributed by atoms with Gasteiger partial charge in [-0.05, 0) is 31.0 Å². The van der Waals surface area contributed by atoms with Crippen molar-refractivity contribution in [1.82, 2.24) is 0 Å². The van der Waals surface area contributed by atoms with E-state index in [9.17, 15) is 5.11 Å². The first kappa shape index (κ1) is 10.9. The van der Waals surface area contributed by atoms with Gasteiger partial charge in [0.2, 0.25) is 0 Å². The van der Waals surface area contributed by atoms with E-state index in [4.69, 9.17) is 0 Å². The predicted molar refractivity (Wildman–Crippen MR) is 61.0 cm³/mol. The molecule has 0 bridgehead atoms. The van der Waals surface area contributed by atoms with E-state index in [0.717, 1.165) is 24.3 Å². The first-order valence-electron chi connectivity index (χ1n) is 5.31. The van der Waals surface area contributed by atoms with E-state index in [2.05, 4.69) is 11.0 Å². The highest BCUT2D eigenvalue weighted by Gasteiger charge is 2.14. The van der Waals surface area contributed by atoms with Crippen LogP contribution in [0, 0.1) is 6.92 Å². The Morgan fingerprint density at radius 3 is 2.21 bits per heavy atom. The Labute approximate surface area is 86.2 Å². The molecule has 78 valence electrons. The molecule has 2 heteroatoms. The van der Waals surface area contributed by atoms with Crippen LogP contribution >= 0.6 is 0 Å². The molecule has 1 aromatic rings. The Kier molecular flexibility index (Phi) is 3.81. The van der Waals surface area contributed by atoms with Gasteiger partial charge in [-0.15, -0.1) is 0 Å². The molecule has 1 aliphatic heterocycles. The first-order chi connectivity index (χ1) is 6.75. The van der Waals surface area contributed by atoms with Gasteiger partial charge in [-0.2, -0.15) is 0 Å². The molecule has 1 aromatic carbocycles. The smallest absolute Gasteiger partial charge is 0.117 e. The average molecular weight is 193 g/mol. The largest absolute Gasteiger partial charge is 0.508 e. The third kappa shape index (κ3) is 2.41. The molecule has 0 aromatic heterocycles. The number of phenols is 1. The number of benzene rings is 1. The summed E-state index contributed by atoms with van der Waals surface area (Å²) < 4.78 is 0. The first-order valence-corrected chi connectivity index (χ1v) is 5.31. The van der Waals surface area contributed by atoms with E-state index >= 15 is 0 Å². The van der Waals surface area contributed by atoms with Gasteiger partial charge in [-0.3, -0.25) is 0 Å². The van der Waals surface area contributed by atoms with E-state index in [1.807, 2.05) is 26.8 Å². The van der Waals surface area contributed by atoms with Crippen molar-refractivity contribution in [3.8, 4) is 5.75 Å². The number of hydrogen-bond acceptors (Lipinski definition) is 2. The summed E-state index contributed by atoms with van der Waals surface area (Å²) in [6, 6.07) is 5.72. The van der Waals surface area contributed by atoms with Crippen molar-refractivity contribution in [2.24, 2.45) is 0 Å². The van der Waals surface area contributed by atoms with Crippen molar-refractivity contribution in [1.29, 1.82) is 0 Å². The quantitative estimate of drug-likeness (QED) is 0.741. The summed E-state index contributed by atoms with van der Waals surface area (Å²) in [5.41, 5.74) is 2.27. The molecule has 1 fully saturated rings. The molecule has 14 heavy (non-hydrogen) atoms. The van der Waals surface area contributed by atoms with E-state index in [0.29, 0.717) is 5.75 Å². The van der Waals surface area contributed by atoms with Crippen molar-refractivity contribution in [3.05, 3.63) is 23.8 Å². The zero-order chi connectivity index (χ0) is 10.6. The van der Waals surface area contributed by atoms with E-state index in [1.54, 1.807) is 6.07 Å². The second-order valence-electron chi connectivity index (χ2n) is 3.37. The zero-order valence-electron chi connectivity index (χ0n) is 9.25. The van der Waals surface area contributed by atoms with Gasteiger partial charge in [-0.1, -0.05) is 13.8 Å². The third-order valence-corrected chi connectivity index (χ3v) is 2.27. The lowest BCUT2D eigenvalue weighted by molar-refractivity contribution is 0.474. The molecule has 0 spiro atoms. The predicted octanol–water partition coefficient (Wildman–Crippen LogP) is 2.94. The Balaban J connectivity index is 0.000000461. The van der Waals surface area contributed by atoms with Crippen LogP contribution in [-0.4, -0.2) is 18.2 Å². The fraction of sp³-hybridized carbons (Fsp3) is 0.500. The van der Waals surface area contributed by atoms with Crippen molar-refractivity contribution in [2.45, 2.75) is 27.2 Å². The van der Waals surface area contributed by atoms with Crippen LogP contribution in [0.2, 0.25) is 0 Å². The average Bonchev–Trinajstić information content (AvgIpc) is 2.02. The highest BCUT2D eigenvalue weighted by molar-refractivity contribution is 5.54. The number of phenolic OH excluding ortho intramolecular Hbond substituents is 1. The molecule has 0 atom stereocenters. The van der Waals surface area contributed by atoms with Crippen LogP contribution in [0.5, 0.6) is 5.75 Å². The van der Waals surface area contributed by atoms with Gasteiger partial charge < -0.3 is 10.0 Å². The highest BCUT2D eigenvalue weighted by Crippen LogP contribution is 2.25. The summed E-state index contributed by atoms with van der Waals surface area (Å²) >= 11 is 0. The number of anilines is 1. The topological polar surface area (TPSA) is 23.5 Å². The fourth-order valence-corrected chi connectivity index (χ4v) is 1.50. The maximum Gasteiger partial charge on any atom is 0.117 e. The molecule has 1 heterocycles. The molecule has 0 unspecified atom stereocenters. The van der Waals surface area contributed by atoms with E-state index < -0.39 is 0 Å². The number of aromatic hydroxyl groups is 1. The maximum absolute atomic E-state index is 9.34. The van der Waals surface area contributed by atoms with Gasteiger partial charge in [0.1, 0.15) is 5.75 Å². The van der Waals surface area contributed by atoms with Crippen molar-refractivity contribution in [3.63, 3.8) is 0 Å². The lowest BCUT2D eigenvalue weighted by Gasteiger charge is -2.33. The minimum absolute atomic E-state index is 0.372. The van der Waals surface area contributed by atoms with Crippen LogP contribution in [0.15, 0.2) is 18.2 Å². The Morgan fingerprint density at radius 2 is 1.79 bits per heavy atom. The van der Waals surface area contributed by atoms with Crippen molar-refractivity contribution in [2.75, 3.05) is 18.0 Å². The summed E-state index contributed by atoms with van der Waals surface area (Å²) in [6.07, 6.45) is 1.27. The van der Waals surface area contributed by atoms with Gasteiger partial charge >= 0.3 is 0 Å². The lowest BCUT2D eigenvalue weighted by atomic mass is 10.1. The standard InChI is InChI=1S/C10H13NO.C2H6/c1-8-5-9(7-10(12)6-8)11-3-2-4-11;1-2/h5-7,12H,2-4H2,1H3;1-2H3. The fourth-order valence-electron chi connectivity index (χ4n) is 1.50. The van der Waals surface area contributed by atoms with Gasteiger partial charge in [0.15, 0.2) is 0 Å². The van der Waals surface area contributed by atoms with Crippen LogP contribution in [0.3, 0.4) is 0 Å². The molecule has 0 aliphatic carbocycles. The minimum Gasteiger partial charge on any atom is -0.508 e. The third-order valence-electron chi connectivity index (χ3n) is 2.27. The molecule has 2 nitrogen and oxygen atoms in total. The summed E-state index contributed by atoms with van der Waals surface area (Å²) in [5, 5.41) is 9.34. The molecule has 0 amide bonds. The molecule has 1 N–H and O–H groups in total. The molecule has 1 saturated heterocycles. The van der Waals surface area contributed by atoms with Crippen molar-refractivity contribution >= 4 is 5.69 Å². The van der Waals surface area contributed by atoms with Crippen LogP contribution in [0.4, 0.5) is 5.69 Å². The number of hydrogen-bond donors (Lipinski definition) is 1. The summed E-state index contributed by atoms with van der Waals surface area (Å²) in [5.74, 6) is 0.372. The lowest BCUT2D eigenvalue weighted by Crippen LogP contribution is -2.36. The van der Waals surface area contributed by atoms with Gasteiger partial charge in [0.05, 0.1) is 0 Å². The zero-order valence-corrected chi connectivity index (χ0v) is 9.25. The SMILES string of the molecule is CC.Cc1cc(O)cc(N2CCC2)c1. The molecule has 2 rings (SSSR count). The number of nitrogens with zero attached hydrogens (tertiary/aromatic N) is 1. The van der Waals surface area contributed by atoms with Crippen LogP contribution in [0.1, 0.15) is 25.8 Å². The van der Waals surface area contributed by atoms with Gasteiger partial charge in [-0.25, -0.2) is 0 Å². The molecular weight excluding hydrogens is 174 g/mol. The highest BCUT2D eigenvalue weighted by atomic mass is 16.3. The minimum atomic E-state index is 0.372. The monoisotopic (exact) mass is 193 g/mol. The normalized spacial score (nSPS) is 14.1. The van der Waals surface area contributed by atoms with Crippen LogP contribution in [-0.2, 0) is 0 Å². The molecule has 0 saturated carbocycles. The Morgan fingerprint density at radius 1 is 1.14 bits per heavy atom. The van der Waals surface area contributed by atoms with E-state index in [-0.39, 0.29) is 0 Å². The number of rotatable bonds is 1. The second kappa shape index (κ2) is 4.89. The maximum atomic E-state index is 9.34. The van der Waals surface area contributed by atoms with Crippen LogP contribution in [0.25, 0.3) is 0 Å². The van der Waals surface area contributed by atoms with Gasteiger partial charge in [0, 0.05) is 24.8 Å². The molecule has 0 radical (unpaired) electrons. The van der Waals surface area contributed by atoms with Crippen LogP contribution < -0.4 is 4.90 Å². The van der Waals surface area contributed by atoms with E-state index in [1.165, 1.54) is 6.42 Å². The molecular formula is C12H19NO.